The number of thiophene rings is 3. The maximum absolute atomic E-state index is 11.0. The van der Waals surface area contributed by atoms with Crippen LogP contribution < -0.4 is 0 Å². The Morgan fingerprint density at radius 3 is 2.25 bits per heavy atom. The Balaban J connectivity index is 2.10. The van der Waals surface area contributed by atoms with Crippen molar-refractivity contribution >= 4 is 40.0 Å². The number of aromatic carboxylic acids is 1. The van der Waals surface area contributed by atoms with E-state index in [1.165, 1.54) is 37.1 Å². The van der Waals surface area contributed by atoms with Crippen LogP contribution in [0, 0.1) is 13.8 Å². The first-order chi connectivity index (χ1) is 9.58. The largest absolute Gasteiger partial charge is 0.477 e. The van der Waals surface area contributed by atoms with E-state index in [0.29, 0.717) is 4.88 Å². The van der Waals surface area contributed by atoms with E-state index in [9.17, 15) is 4.79 Å². The molecule has 3 aromatic heterocycles. The average Bonchev–Trinajstić information content (AvgIpc) is 3.12. The third kappa shape index (κ3) is 2.22. The van der Waals surface area contributed by atoms with Crippen molar-refractivity contribution in [3.05, 3.63) is 45.6 Å². The topological polar surface area (TPSA) is 37.3 Å². The van der Waals surface area contributed by atoms with Crippen LogP contribution in [0.3, 0.4) is 0 Å². The number of carbonyl (C=O) groups is 1. The van der Waals surface area contributed by atoms with E-state index in [-0.39, 0.29) is 0 Å². The van der Waals surface area contributed by atoms with E-state index < -0.39 is 5.97 Å². The van der Waals surface area contributed by atoms with Gasteiger partial charge in [0.25, 0.3) is 0 Å². The summed E-state index contributed by atoms with van der Waals surface area (Å²) in [5.41, 5.74) is 2.54. The molecular weight excluding hydrogens is 308 g/mol. The number of carboxylic acid groups (broad SMARTS) is 1. The summed E-state index contributed by atoms with van der Waals surface area (Å²) in [4.78, 5) is 16.2. The molecule has 3 rings (SSSR count). The van der Waals surface area contributed by atoms with Crippen LogP contribution in [0.4, 0.5) is 0 Å². The zero-order valence-corrected chi connectivity index (χ0v) is 13.4. The van der Waals surface area contributed by atoms with E-state index >= 15 is 0 Å². The molecule has 0 saturated heterocycles. The van der Waals surface area contributed by atoms with Crippen LogP contribution in [-0.4, -0.2) is 11.1 Å². The first-order valence-corrected chi connectivity index (χ1v) is 8.56. The lowest BCUT2D eigenvalue weighted by molar-refractivity contribution is 0.0702. The standard InChI is InChI=1S/C15H12O2S3/c1-8-9(2)14(11-5-6-12(19-11)15(16)17)20-13(8)10-4-3-7-18-10/h3-7H,1-2H3,(H,16,17). The minimum Gasteiger partial charge on any atom is -0.477 e. The van der Waals surface area contributed by atoms with Gasteiger partial charge in [-0.05, 0) is 48.6 Å². The van der Waals surface area contributed by atoms with Gasteiger partial charge in [-0.1, -0.05) is 6.07 Å². The van der Waals surface area contributed by atoms with Gasteiger partial charge >= 0.3 is 5.97 Å². The third-order valence-corrected chi connectivity index (χ3v) is 6.93. The quantitative estimate of drug-likeness (QED) is 0.690. The van der Waals surface area contributed by atoms with Gasteiger partial charge < -0.3 is 5.11 Å². The molecule has 2 nitrogen and oxygen atoms in total. The predicted octanol–water partition coefficient (Wildman–Crippen LogP) is 5.52. The van der Waals surface area contributed by atoms with E-state index in [1.54, 1.807) is 28.7 Å². The van der Waals surface area contributed by atoms with E-state index in [0.717, 1.165) is 4.88 Å². The van der Waals surface area contributed by atoms with Gasteiger partial charge in [0.05, 0.1) is 0 Å². The highest BCUT2D eigenvalue weighted by Crippen LogP contribution is 2.44. The SMILES string of the molecule is Cc1c(-c2cccs2)sc(-c2ccc(C(=O)O)s2)c1C. The van der Waals surface area contributed by atoms with Gasteiger partial charge in [-0.15, -0.1) is 34.0 Å². The second kappa shape index (κ2) is 5.16. The fraction of sp³-hybridized carbons (Fsp3) is 0.133. The van der Waals surface area contributed by atoms with Gasteiger partial charge in [0.15, 0.2) is 0 Å². The van der Waals surface area contributed by atoms with Crippen LogP contribution in [-0.2, 0) is 0 Å². The highest BCUT2D eigenvalue weighted by atomic mass is 32.1. The number of hydrogen-bond acceptors (Lipinski definition) is 4. The van der Waals surface area contributed by atoms with Crippen molar-refractivity contribution in [1.29, 1.82) is 0 Å². The van der Waals surface area contributed by atoms with Crippen LogP contribution in [0.1, 0.15) is 20.8 Å². The molecule has 0 amide bonds. The molecule has 0 aliphatic heterocycles. The van der Waals surface area contributed by atoms with Crippen LogP contribution >= 0.6 is 34.0 Å². The molecule has 0 saturated carbocycles. The smallest absolute Gasteiger partial charge is 0.345 e. The zero-order valence-electron chi connectivity index (χ0n) is 11.0. The van der Waals surface area contributed by atoms with Gasteiger partial charge in [-0.3, -0.25) is 0 Å². The maximum Gasteiger partial charge on any atom is 0.345 e. The Morgan fingerprint density at radius 2 is 1.70 bits per heavy atom. The summed E-state index contributed by atoms with van der Waals surface area (Å²) in [6, 6.07) is 7.78. The molecule has 0 aliphatic carbocycles. The Morgan fingerprint density at radius 1 is 1.00 bits per heavy atom. The molecule has 0 unspecified atom stereocenters. The summed E-state index contributed by atoms with van der Waals surface area (Å²) in [7, 11) is 0. The Hall–Kier alpha value is -1.43. The lowest BCUT2D eigenvalue weighted by atomic mass is 10.1. The second-order valence-electron chi connectivity index (χ2n) is 4.46. The van der Waals surface area contributed by atoms with Crippen molar-refractivity contribution < 1.29 is 9.90 Å². The molecule has 0 atom stereocenters. The second-order valence-corrected chi connectivity index (χ2v) is 7.51. The lowest BCUT2D eigenvalue weighted by Crippen LogP contribution is -1.89. The summed E-state index contributed by atoms with van der Waals surface area (Å²) in [5, 5.41) is 11.1. The Bertz CT molecular complexity index is 763. The van der Waals surface area contributed by atoms with E-state index in [4.69, 9.17) is 5.11 Å². The first-order valence-electron chi connectivity index (χ1n) is 6.05. The van der Waals surface area contributed by atoms with E-state index in [1.807, 2.05) is 6.07 Å². The van der Waals surface area contributed by atoms with Crippen molar-refractivity contribution in [3.63, 3.8) is 0 Å². The fourth-order valence-corrected chi connectivity index (χ4v) is 5.28. The molecule has 3 aromatic rings. The molecule has 0 fully saturated rings. The first kappa shape index (κ1) is 13.5. The molecule has 102 valence electrons. The third-order valence-electron chi connectivity index (χ3n) is 3.23. The minimum absolute atomic E-state index is 0.392. The summed E-state index contributed by atoms with van der Waals surface area (Å²) < 4.78 is 0. The molecule has 0 radical (unpaired) electrons. The Labute approximate surface area is 129 Å². The number of hydrogen-bond donors (Lipinski definition) is 1. The fourth-order valence-electron chi connectivity index (χ4n) is 2.05. The maximum atomic E-state index is 11.0. The molecule has 5 heteroatoms. The van der Waals surface area contributed by atoms with Crippen molar-refractivity contribution in [3.8, 4) is 19.5 Å². The van der Waals surface area contributed by atoms with Crippen LogP contribution in [0.25, 0.3) is 19.5 Å². The summed E-state index contributed by atoms with van der Waals surface area (Å²) in [5.74, 6) is -0.856. The number of carboxylic acids is 1. The van der Waals surface area contributed by atoms with Gasteiger partial charge in [-0.2, -0.15) is 0 Å². The minimum atomic E-state index is -0.856. The zero-order chi connectivity index (χ0) is 14.3. The monoisotopic (exact) mass is 320 g/mol. The molecule has 0 aromatic carbocycles. The summed E-state index contributed by atoms with van der Waals surface area (Å²) in [6.45, 7) is 4.24. The Kier molecular flexibility index (Phi) is 3.50. The van der Waals surface area contributed by atoms with Gasteiger partial charge in [0.2, 0.25) is 0 Å². The van der Waals surface area contributed by atoms with Crippen molar-refractivity contribution in [2.75, 3.05) is 0 Å². The van der Waals surface area contributed by atoms with Gasteiger partial charge in [-0.25, -0.2) is 4.79 Å². The molecule has 1 N–H and O–H groups in total. The van der Waals surface area contributed by atoms with Crippen LogP contribution in [0.2, 0.25) is 0 Å². The molecule has 0 aliphatic rings. The van der Waals surface area contributed by atoms with Gasteiger partial charge in [0.1, 0.15) is 4.88 Å². The number of rotatable bonds is 3. The highest BCUT2D eigenvalue weighted by molar-refractivity contribution is 7.26. The summed E-state index contributed by atoms with van der Waals surface area (Å²) in [6.07, 6.45) is 0. The van der Waals surface area contributed by atoms with Gasteiger partial charge in [0, 0.05) is 19.5 Å². The predicted molar refractivity (Wildman–Crippen MR) is 87.4 cm³/mol. The van der Waals surface area contributed by atoms with E-state index in [2.05, 4.69) is 31.4 Å². The highest BCUT2D eigenvalue weighted by Gasteiger charge is 2.17. The molecule has 3 heterocycles. The molecular formula is C15H12O2S3. The molecule has 20 heavy (non-hydrogen) atoms. The normalized spacial score (nSPS) is 10.9. The van der Waals surface area contributed by atoms with Crippen LogP contribution in [0.5, 0.6) is 0 Å². The van der Waals surface area contributed by atoms with Crippen molar-refractivity contribution in [2.24, 2.45) is 0 Å². The van der Waals surface area contributed by atoms with Crippen molar-refractivity contribution in [1.82, 2.24) is 0 Å². The summed E-state index contributed by atoms with van der Waals surface area (Å²) >= 11 is 4.83. The molecule has 0 spiro atoms. The van der Waals surface area contributed by atoms with Crippen LogP contribution in [0.15, 0.2) is 29.6 Å². The van der Waals surface area contributed by atoms with Crippen molar-refractivity contribution in [2.45, 2.75) is 13.8 Å². The lowest BCUT2D eigenvalue weighted by Gasteiger charge is -1.95. The average molecular weight is 320 g/mol. The molecule has 0 bridgehead atoms.